The maximum Gasteiger partial charge on any atom is 0.251 e. The molecule has 1 amide bonds. The molecule has 134 valence electrons. The standard InChI is InChI=1S/C21H28N2O2/c1-20(2,3)16-9-6-14(7-10-16)13-23-19(24)15-8-11-17(18(22)12-15)21(4,5)25/h6-12,25H,13,22H2,1-5H3,(H,23,24). The van der Waals surface area contributed by atoms with E-state index in [2.05, 4.69) is 38.2 Å². The molecule has 0 saturated carbocycles. The molecule has 4 heteroatoms. The second kappa shape index (κ2) is 6.89. The van der Waals surface area contributed by atoms with E-state index in [0.29, 0.717) is 23.4 Å². The molecule has 0 aromatic heterocycles. The van der Waals surface area contributed by atoms with Crippen LogP contribution in [0.4, 0.5) is 5.69 Å². The Morgan fingerprint density at radius 1 is 1.04 bits per heavy atom. The first kappa shape index (κ1) is 19.0. The van der Waals surface area contributed by atoms with Crippen LogP contribution in [0.5, 0.6) is 0 Å². The summed E-state index contributed by atoms with van der Waals surface area (Å²) in [6.07, 6.45) is 0. The Bertz CT molecular complexity index is 751. The molecule has 25 heavy (non-hydrogen) atoms. The van der Waals surface area contributed by atoms with Gasteiger partial charge in [-0.3, -0.25) is 4.79 Å². The van der Waals surface area contributed by atoms with Crippen molar-refractivity contribution in [1.82, 2.24) is 5.32 Å². The van der Waals surface area contributed by atoms with Crippen LogP contribution in [0.25, 0.3) is 0 Å². The van der Waals surface area contributed by atoms with E-state index < -0.39 is 5.60 Å². The van der Waals surface area contributed by atoms with Crippen molar-refractivity contribution >= 4 is 11.6 Å². The molecule has 0 aliphatic carbocycles. The molecule has 4 nitrogen and oxygen atoms in total. The van der Waals surface area contributed by atoms with Crippen molar-refractivity contribution in [1.29, 1.82) is 0 Å². The Hall–Kier alpha value is -2.33. The normalized spacial score (nSPS) is 12.1. The van der Waals surface area contributed by atoms with Crippen molar-refractivity contribution in [3.05, 3.63) is 64.7 Å². The fourth-order valence-electron chi connectivity index (χ4n) is 2.67. The average Bonchev–Trinajstić information content (AvgIpc) is 2.50. The van der Waals surface area contributed by atoms with Gasteiger partial charge in [0.2, 0.25) is 0 Å². The summed E-state index contributed by atoms with van der Waals surface area (Å²) in [6.45, 7) is 10.3. The van der Waals surface area contributed by atoms with Gasteiger partial charge in [-0.1, -0.05) is 51.1 Å². The second-order valence-corrected chi connectivity index (χ2v) is 7.99. The molecule has 0 radical (unpaired) electrons. The van der Waals surface area contributed by atoms with Crippen LogP contribution >= 0.6 is 0 Å². The van der Waals surface area contributed by atoms with Crippen molar-refractivity contribution < 1.29 is 9.90 Å². The molecule has 0 spiro atoms. The summed E-state index contributed by atoms with van der Waals surface area (Å²) in [4.78, 5) is 12.3. The lowest BCUT2D eigenvalue weighted by Crippen LogP contribution is -2.24. The van der Waals surface area contributed by atoms with Gasteiger partial charge in [-0.2, -0.15) is 0 Å². The van der Waals surface area contributed by atoms with Gasteiger partial charge in [0.05, 0.1) is 5.60 Å². The molecule has 0 saturated heterocycles. The van der Waals surface area contributed by atoms with Crippen LogP contribution < -0.4 is 11.1 Å². The number of amides is 1. The quantitative estimate of drug-likeness (QED) is 0.743. The summed E-state index contributed by atoms with van der Waals surface area (Å²) in [5.41, 5.74) is 8.86. The highest BCUT2D eigenvalue weighted by Gasteiger charge is 2.20. The van der Waals surface area contributed by atoms with E-state index in [-0.39, 0.29) is 11.3 Å². The summed E-state index contributed by atoms with van der Waals surface area (Å²) in [5.74, 6) is -0.186. The fourth-order valence-corrected chi connectivity index (χ4v) is 2.67. The van der Waals surface area contributed by atoms with Gasteiger partial charge in [-0.05, 0) is 42.5 Å². The molecule has 0 heterocycles. The lowest BCUT2D eigenvalue weighted by atomic mass is 9.87. The van der Waals surface area contributed by atoms with Gasteiger partial charge >= 0.3 is 0 Å². The molecule has 0 aliphatic heterocycles. The van der Waals surface area contributed by atoms with Gasteiger partial charge in [-0.25, -0.2) is 0 Å². The Morgan fingerprint density at radius 2 is 1.64 bits per heavy atom. The maximum atomic E-state index is 12.3. The summed E-state index contributed by atoms with van der Waals surface area (Å²) < 4.78 is 0. The van der Waals surface area contributed by atoms with Gasteiger partial charge in [0.25, 0.3) is 5.91 Å². The molecule has 2 rings (SSSR count). The van der Waals surface area contributed by atoms with Crippen molar-refractivity contribution in [2.75, 3.05) is 5.73 Å². The van der Waals surface area contributed by atoms with E-state index >= 15 is 0 Å². The average molecular weight is 340 g/mol. The number of anilines is 1. The van der Waals surface area contributed by atoms with E-state index in [1.54, 1.807) is 32.0 Å². The van der Waals surface area contributed by atoms with Crippen LogP contribution in [0.1, 0.15) is 61.7 Å². The van der Waals surface area contributed by atoms with Gasteiger partial charge in [-0.15, -0.1) is 0 Å². The van der Waals surface area contributed by atoms with E-state index in [4.69, 9.17) is 5.73 Å². The topological polar surface area (TPSA) is 75.3 Å². The number of nitrogen functional groups attached to an aromatic ring is 1. The van der Waals surface area contributed by atoms with Crippen molar-refractivity contribution in [2.45, 2.75) is 52.2 Å². The van der Waals surface area contributed by atoms with Crippen LogP contribution in [0.3, 0.4) is 0 Å². The summed E-state index contributed by atoms with van der Waals surface area (Å²) in [6, 6.07) is 13.2. The number of hydrogen-bond acceptors (Lipinski definition) is 3. The highest BCUT2D eigenvalue weighted by atomic mass is 16.3. The third-order valence-electron chi connectivity index (χ3n) is 4.25. The minimum absolute atomic E-state index is 0.113. The largest absolute Gasteiger partial charge is 0.398 e. The van der Waals surface area contributed by atoms with Crippen LogP contribution in [-0.2, 0) is 17.6 Å². The second-order valence-electron chi connectivity index (χ2n) is 7.99. The first-order valence-corrected chi connectivity index (χ1v) is 8.48. The summed E-state index contributed by atoms with van der Waals surface area (Å²) in [5, 5.41) is 13.0. The first-order chi connectivity index (χ1) is 11.5. The van der Waals surface area contributed by atoms with E-state index in [1.165, 1.54) is 5.56 Å². The first-order valence-electron chi connectivity index (χ1n) is 8.48. The van der Waals surface area contributed by atoms with Gasteiger partial charge < -0.3 is 16.2 Å². The van der Waals surface area contributed by atoms with Crippen molar-refractivity contribution in [3.8, 4) is 0 Å². The minimum Gasteiger partial charge on any atom is -0.398 e. The number of rotatable bonds is 4. The highest BCUT2D eigenvalue weighted by Crippen LogP contribution is 2.26. The summed E-state index contributed by atoms with van der Waals surface area (Å²) in [7, 11) is 0. The smallest absolute Gasteiger partial charge is 0.251 e. The molecule has 0 bridgehead atoms. The molecule has 0 unspecified atom stereocenters. The molecular weight excluding hydrogens is 312 g/mol. The van der Waals surface area contributed by atoms with E-state index in [1.807, 2.05) is 12.1 Å². The Labute approximate surface area is 150 Å². The Morgan fingerprint density at radius 3 is 2.12 bits per heavy atom. The number of nitrogens with two attached hydrogens (primary N) is 1. The molecular formula is C21H28N2O2. The summed E-state index contributed by atoms with van der Waals surface area (Å²) >= 11 is 0. The van der Waals surface area contributed by atoms with Crippen molar-refractivity contribution in [2.24, 2.45) is 0 Å². The van der Waals surface area contributed by atoms with Crippen LogP contribution in [0.15, 0.2) is 42.5 Å². The zero-order valence-corrected chi connectivity index (χ0v) is 15.7. The Balaban J connectivity index is 2.04. The number of benzene rings is 2. The number of hydrogen-bond donors (Lipinski definition) is 3. The number of carbonyl (C=O) groups excluding carboxylic acids is 1. The number of aliphatic hydroxyl groups is 1. The maximum absolute atomic E-state index is 12.3. The molecule has 2 aromatic rings. The van der Waals surface area contributed by atoms with E-state index in [9.17, 15) is 9.90 Å². The predicted molar refractivity (Wildman–Crippen MR) is 102 cm³/mol. The molecule has 0 aliphatic rings. The van der Waals surface area contributed by atoms with Crippen LogP contribution in [0.2, 0.25) is 0 Å². The third-order valence-corrected chi connectivity index (χ3v) is 4.25. The molecule has 2 aromatic carbocycles. The number of carbonyl (C=O) groups is 1. The van der Waals surface area contributed by atoms with E-state index in [0.717, 1.165) is 5.56 Å². The molecule has 0 atom stereocenters. The SMILES string of the molecule is CC(C)(C)c1ccc(CNC(=O)c2ccc(C(C)(C)O)c(N)c2)cc1. The lowest BCUT2D eigenvalue weighted by Gasteiger charge is -2.20. The number of nitrogens with one attached hydrogen (secondary N) is 1. The highest BCUT2D eigenvalue weighted by molar-refractivity contribution is 5.95. The predicted octanol–water partition coefficient (Wildman–Crippen LogP) is 3.72. The monoisotopic (exact) mass is 340 g/mol. The fraction of sp³-hybridized carbons (Fsp3) is 0.381. The molecule has 4 N–H and O–H groups in total. The zero-order valence-electron chi connectivity index (χ0n) is 15.7. The molecule has 0 fully saturated rings. The lowest BCUT2D eigenvalue weighted by molar-refractivity contribution is 0.0792. The minimum atomic E-state index is -1.03. The van der Waals surface area contributed by atoms with Gasteiger partial charge in [0.15, 0.2) is 0 Å². The Kier molecular flexibility index (Phi) is 5.23. The van der Waals surface area contributed by atoms with Crippen LogP contribution in [0, 0.1) is 0 Å². The van der Waals surface area contributed by atoms with Gasteiger partial charge in [0, 0.05) is 23.4 Å². The third kappa shape index (κ3) is 4.83. The van der Waals surface area contributed by atoms with Crippen LogP contribution in [-0.4, -0.2) is 11.0 Å². The zero-order chi connectivity index (χ0) is 18.8. The van der Waals surface area contributed by atoms with Gasteiger partial charge in [0.1, 0.15) is 0 Å². The van der Waals surface area contributed by atoms with Crippen molar-refractivity contribution in [3.63, 3.8) is 0 Å².